The third kappa shape index (κ3) is 2.35. The van der Waals surface area contributed by atoms with Crippen molar-refractivity contribution in [3.8, 4) is 0 Å². The first kappa shape index (κ1) is 8.84. The predicted octanol–water partition coefficient (Wildman–Crippen LogP) is 2.30. The smallest absolute Gasteiger partial charge is 0.215 e. The second-order valence-corrected chi connectivity index (χ2v) is 5.14. The number of nitrogens with zero attached hydrogens (tertiary/aromatic N) is 2. The molecule has 0 unspecified atom stereocenters. The summed E-state index contributed by atoms with van der Waals surface area (Å²) < 4.78 is 0. The molecule has 0 aromatic carbocycles. The topological polar surface area (TPSA) is 25.2 Å². The van der Waals surface area contributed by atoms with Crippen LogP contribution in [0.1, 0.15) is 11.4 Å². The Labute approximate surface area is 84.4 Å². The van der Waals surface area contributed by atoms with Gasteiger partial charge in [-0.25, -0.2) is 4.98 Å². The molecule has 0 radical (unpaired) electrons. The molecule has 1 aromatic heterocycles. The van der Waals surface area contributed by atoms with E-state index in [1.165, 1.54) is 5.57 Å². The normalized spacial score (nSPS) is 16.7. The van der Waals surface area contributed by atoms with Gasteiger partial charge in [0.2, 0.25) is 4.80 Å². The van der Waals surface area contributed by atoms with E-state index in [-0.39, 0.29) is 0 Å². The van der Waals surface area contributed by atoms with Crippen molar-refractivity contribution < 1.29 is 0 Å². The molecular formula is C9H10N2S2. The quantitative estimate of drug-likeness (QED) is 0.688. The zero-order valence-corrected chi connectivity index (χ0v) is 8.99. The highest BCUT2D eigenvalue weighted by molar-refractivity contribution is 7.68. The van der Waals surface area contributed by atoms with Gasteiger partial charge in [0.25, 0.3) is 0 Å². The molecule has 1 aromatic rings. The maximum Gasteiger partial charge on any atom is 0.215 e. The van der Waals surface area contributed by atoms with Crippen LogP contribution < -0.4 is 4.80 Å². The number of allylic oxidation sites excluding steroid dienone is 3. The third-order valence-electron chi connectivity index (χ3n) is 1.76. The monoisotopic (exact) mass is 210 g/mol. The molecule has 0 aliphatic heterocycles. The van der Waals surface area contributed by atoms with E-state index in [0.29, 0.717) is 0 Å². The average molecular weight is 210 g/mol. The lowest BCUT2D eigenvalue weighted by Crippen LogP contribution is -2.00. The molecule has 4 heteroatoms. The standard InChI is InChI=1S/C9H10N2S2/c1-7-11-9(13-12-7)10-6-8-4-2-3-5-8/h2-4H,5-6H2,1H3/b10-9-. The molecular weight excluding hydrogens is 200 g/mol. The van der Waals surface area contributed by atoms with Crippen LogP contribution >= 0.6 is 20.7 Å². The Morgan fingerprint density at radius 3 is 3.08 bits per heavy atom. The van der Waals surface area contributed by atoms with Crippen LogP contribution in [0.25, 0.3) is 0 Å². The summed E-state index contributed by atoms with van der Waals surface area (Å²) in [5.74, 6) is 0. The van der Waals surface area contributed by atoms with E-state index in [1.807, 2.05) is 6.92 Å². The van der Waals surface area contributed by atoms with Crippen LogP contribution in [-0.2, 0) is 0 Å². The molecule has 1 aliphatic rings. The summed E-state index contributed by atoms with van der Waals surface area (Å²) in [5, 5.41) is 1.10. The van der Waals surface area contributed by atoms with Crippen molar-refractivity contribution >= 4 is 20.7 Å². The predicted molar refractivity (Wildman–Crippen MR) is 57.0 cm³/mol. The van der Waals surface area contributed by atoms with Crippen molar-refractivity contribution in [1.82, 2.24) is 4.98 Å². The van der Waals surface area contributed by atoms with Gasteiger partial charge in [-0.2, -0.15) is 0 Å². The lowest BCUT2D eigenvalue weighted by Gasteiger charge is -1.91. The van der Waals surface area contributed by atoms with Crippen LogP contribution in [0.2, 0.25) is 0 Å². The van der Waals surface area contributed by atoms with Gasteiger partial charge in [-0.1, -0.05) is 28.6 Å². The average Bonchev–Trinajstić information content (AvgIpc) is 2.71. The fourth-order valence-corrected chi connectivity index (χ4v) is 2.74. The van der Waals surface area contributed by atoms with Gasteiger partial charge < -0.3 is 0 Å². The van der Waals surface area contributed by atoms with E-state index in [1.54, 1.807) is 20.7 Å². The Morgan fingerprint density at radius 2 is 2.46 bits per heavy atom. The summed E-state index contributed by atoms with van der Waals surface area (Å²) in [6, 6.07) is 0. The molecule has 0 saturated heterocycles. The number of aryl methyl sites for hydroxylation is 1. The minimum atomic E-state index is 0.798. The van der Waals surface area contributed by atoms with Gasteiger partial charge in [0.05, 0.1) is 6.54 Å². The van der Waals surface area contributed by atoms with E-state index >= 15 is 0 Å². The van der Waals surface area contributed by atoms with Gasteiger partial charge in [0, 0.05) is 0 Å². The highest BCUT2D eigenvalue weighted by atomic mass is 32.9. The largest absolute Gasteiger partial charge is 0.252 e. The summed E-state index contributed by atoms with van der Waals surface area (Å²) in [6.45, 7) is 2.81. The second kappa shape index (κ2) is 3.98. The number of aromatic nitrogens is 1. The first-order valence-corrected chi connectivity index (χ1v) is 6.28. The zero-order chi connectivity index (χ0) is 9.10. The Hall–Kier alpha value is -0.740. The van der Waals surface area contributed by atoms with Crippen LogP contribution in [0.3, 0.4) is 0 Å². The highest BCUT2D eigenvalue weighted by Crippen LogP contribution is 2.10. The van der Waals surface area contributed by atoms with Crippen LogP contribution in [0.4, 0.5) is 0 Å². The summed E-state index contributed by atoms with van der Waals surface area (Å²) >= 11 is 0. The highest BCUT2D eigenvalue weighted by Gasteiger charge is 1.97. The molecule has 0 atom stereocenters. The van der Waals surface area contributed by atoms with E-state index < -0.39 is 0 Å². The molecule has 2 rings (SSSR count). The lowest BCUT2D eigenvalue weighted by atomic mass is 10.2. The molecule has 13 heavy (non-hydrogen) atoms. The molecule has 1 aliphatic carbocycles. The minimum absolute atomic E-state index is 0.798. The maximum absolute atomic E-state index is 4.42. The van der Waals surface area contributed by atoms with Crippen molar-refractivity contribution in [1.29, 1.82) is 0 Å². The van der Waals surface area contributed by atoms with Crippen molar-refractivity contribution in [2.45, 2.75) is 13.3 Å². The molecule has 0 spiro atoms. The van der Waals surface area contributed by atoms with Gasteiger partial charge in [-0.05, 0) is 29.3 Å². The van der Waals surface area contributed by atoms with Gasteiger partial charge in [0.15, 0.2) is 0 Å². The Kier molecular flexibility index (Phi) is 2.71. The summed E-state index contributed by atoms with van der Waals surface area (Å²) in [4.78, 5) is 9.63. The molecule has 0 saturated carbocycles. The van der Waals surface area contributed by atoms with Gasteiger partial charge in [-0.15, -0.1) is 0 Å². The van der Waals surface area contributed by atoms with Crippen LogP contribution in [0.15, 0.2) is 28.8 Å². The van der Waals surface area contributed by atoms with E-state index in [0.717, 1.165) is 22.8 Å². The fourth-order valence-electron chi connectivity index (χ4n) is 1.11. The maximum atomic E-state index is 4.42. The first-order valence-electron chi connectivity index (χ1n) is 4.13. The Balaban J connectivity index is 2.05. The van der Waals surface area contributed by atoms with E-state index in [4.69, 9.17) is 0 Å². The third-order valence-corrected chi connectivity index (χ3v) is 3.96. The first-order chi connectivity index (χ1) is 6.34. The van der Waals surface area contributed by atoms with Crippen molar-refractivity contribution in [2.75, 3.05) is 6.54 Å². The van der Waals surface area contributed by atoms with Gasteiger partial charge in [-0.3, -0.25) is 4.99 Å². The van der Waals surface area contributed by atoms with E-state index in [9.17, 15) is 0 Å². The zero-order valence-electron chi connectivity index (χ0n) is 7.36. The van der Waals surface area contributed by atoms with Gasteiger partial charge >= 0.3 is 0 Å². The van der Waals surface area contributed by atoms with Crippen LogP contribution in [0.5, 0.6) is 0 Å². The Bertz CT molecular complexity index is 409. The summed E-state index contributed by atoms with van der Waals surface area (Å²) in [7, 11) is 3.34. The number of rotatable bonds is 2. The number of hydrogen-bond acceptors (Lipinski definition) is 4. The van der Waals surface area contributed by atoms with E-state index in [2.05, 4.69) is 28.2 Å². The SMILES string of the molecule is Cc1n/c(=N/CC2=CC=CC2)ss1. The lowest BCUT2D eigenvalue weighted by molar-refractivity contribution is 1.02. The van der Waals surface area contributed by atoms with Crippen molar-refractivity contribution in [2.24, 2.45) is 4.99 Å². The molecule has 0 bridgehead atoms. The van der Waals surface area contributed by atoms with Gasteiger partial charge in [0.1, 0.15) is 5.01 Å². The van der Waals surface area contributed by atoms with Crippen LogP contribution in [-0.4, -0.2) is 11.5 Å². The van der Waals surface area contributed by atoms with Crippen molar-refractivity contribution in [3.05, 3.63) is 33.6 Å². The van der Waals surface area contributed by atoms with Crippen LogP contribution in [0, 0.1) is 6.92 Å². The summed E-state index contributed by atoms with van der Waals surface area (Å²) in [6.07, 6.45) is 7.42. The van der Waals surface area contributed by atoms with Crippen molar-refractivity contribution in [3.63, 3.8) is 0 Å². The Morgan fingerprint density at radius 1 is 1.54 bits per heavy atom. The number of hydrogen-bond donors (Lipinski definition) is 0. The molecule has 2 nitrogen and oxygen atoms in total. The summed E-state index contributed by atoms with van der Waals surface area (Å²) in [5.41, 5.74) is 1.37. The second-order valence-electron chi connectivity index (χ2n) is 2.85. The molecule has 0 fully saturated rings. The fraction of sp³-hybridized carbons (Fsp3) is 0.333. The molecule has 0 amide bonds. The minimum Gasteiger partial charge on any atom is -0.252 e. The molecule has 0 N–H and O–H groups in total. The molecule has 68 valence electrons. The molecule has 1 heterocycles.